The van der Waals surface area contributed by atoms with E-state index in [9.17, 15) is 0 Å². The highest BCUT2D eigenvalue weighted by molar-refractivity contribution is 6.16. The first kappa shape index (κ1) is 12.3. The Morgan fingerprint density at radius 1 is 1.22 bits per heavy atom. The monoisotopic (exact) mass is 264 g/mol. The van der Waals surface area contributed by atoms with Gasteiger partial charge < -0.3 is 4.90 Å². The number of alkyl halides is 1. The first-order valence-corrected chi connectivity index (χ1v) is 7.69. The Balaban J connectivity index is 1.84. The number of pyridine rings is 1. The van der Waals surface area contributed by atoms with Crippen LogP contribution in [0, 0.1) is 5.92 Å². The molecular weight excluding hydrogens is 244 g/mol. The van der Waals surface area contributed by atoms with Gasteiger partial charge in [0.15, 0.2) is 0 Å². The number of fused-ring (bicyclic) bond motifs is 1. The molecule has 1 aromatic heterocycles. The van der Waals surface area contributed by atoms with E-state index in [2.05, 4.69) is 22.0 Å². The highest BCUT2D eigenvalue weighted by Crippen LogP contribution is 2.37. The van der Waals surface area contributed by atoms with Gasteiger partial charge in [-0.05, 0) is 43.7 Å². The normalized spacial score (nSPS) is 27.9. The van der Waals surface area contributed by atoms with E-state index in [1.807, 2.05) is 6.20 Å². The molecule has 2 heterocycles. The van der Waals surface area contributed by atoms with Gasteiger partial charge in [-0.15, -0.1) is 11.6 Å². The van der Waals surface area contributed by atoms with Crippen LogP contribution in [0.2, 0.25) is 0 Å². The molecule has 0 radical (unpaired) electrons. The van der Waals surface area contributed by atoms with Gasteiger partial charge in [0.2, 0.25) is 0 Å². The lowest BCUT2D eigenvalue weighted by molar-refractivity contribution is 0.244. The largest absolute Gasteiger partial charge is 0.368 e. The number of hydrogen-bond donors (Lipinski definition) is 0. The van der Waals surface area contributed by atoms with Gasteiger partial charge in [-0.3, -0.25) is 4.98 Å². The minimum absolute atomic E-state index is 0.510. The van der Waals surface area contributed by atoms with Crippen molar-refractivity contribution >= 4 is 17.3 Å². The van der Waals surface area contributed by atoms with E-state index in [-0.39, 0.29) is 0 Å². The Morgan fingerprint density at radius 2 is 2.06 bits per heavy atom. The molecule has 1 saturated heterocycles. The summed E-state index contributed by atoms with van der Waals surface area (Å²) in [5.74, 6) is 1.43. The Bertz CT molecular complexity index is 405. The molecule has 2 aliphatic rings. The maximum absolute atomic E-state index is 5.89. The van der Waals surface area contributed by atoms with Crippen molar-refractivity contribution in [3.05, 3.63) is 24.0 Å². The molecule has 3 heteroatoms. The molecule has 2 atom stereocenters. The summed E-state index contributed by atoms with van der Waals surface area (Å²) >= 11 is 5.89. The van der Waals surface area contributed by atoms with Gasteiger partial charge in [0.1, 0.15) is 0 Å². The topological polar surface area (TPSA) is 16.1 Å². The third-order valence-electron chi connectivity index (χ3n) is 4.51. The van der Waals surface area contributed by atoms with Crippen molar-refractivity contribution in [1.29, 1.82) is 0 Å². The molecule has 3 rings (SSSR count). The predicted molar refractivity (Wildman–Crippen MR) is 76.1 cm³/mol. The molecule has 1 aliphatic carbocycles. The van der Waals surface area contributed by atoms with Gasteiger partial charge in [-0.2, -0.15) is 0 Å². The van der Waals surface area contributed by atoms with E-state index < -0.39 is 0 Å². The maximum atomic E-state index is 5.89. The van der Waals surface area contributed by atoms with Gasteiger partial charge in [0, 0.05) is 24.5 Å². The fraction of sp³-hybridized carbons (Fsp3) is 0.667. The summed E-state index contributed by atoms with van der Waals surface area (Å²) < 4.78 is 0. The van der Waals surface area contributed by atoms with Crippen LogP contribution < -0.4 is 4.90 Å². The van der Waals surface area contributed by atoms with Crippen molar-refractivity contribution in [3.8, 4) is 0 Å². The van der Waals surface area contributed by atoms with E-state index >= 15 is 0 Å². The zero-order chi connectivity index (χ0) is 12.4. The minimum Gasteiger partial charge on any atom is -0.368 e. The summed E-state index contributed by atoms with van der Waals surface area (Å²) in [5.41, 5.74) is 2.32. The lowest BCUT2D eigenvalue weighted by Crippen LogP contribution is -2.46. The van der Waals surface area contributed by atoms with Crippen molar-refractivity contribution in [2.45, 2.75) is 50.4 Å². The van der Waals surface area contributed by atoms with Crippen LogP contribution >= 0.6 is 11.6 Å². The SMILES string of the molecule is ClCc1cc(N2CCCC3CCCCC32)ccn1. The summed E-state index contributed by atoms with van der Waals surface area (Å²) in [5, 5.41) is 0. The maximum Gasteiger partial charge on any atom is 0.0648 e. The van der Waals surface area contributed by atoms with Crippen molar-refractivity contribution in [3.63, 3.8) is 0 Å². The zero-order valence-electron chi connectivity index (χ0n) is 10.8. The molecule has 1 saturated carbocycles. The van der Waals surface area contributed by atoms with Crippen LogP contribution in [-0.4, -0.2) is 17.6 Å². The summed E-state index contributed by atoms with van der Waals surface area (Å²) in [4.78, 5) is 6.91. The third-order valence-corrected chi connectivity index (χ3v) is 4.79. The summed E-state index contributed by atoms with van der Waals surface area (Å²) in [6, 6.07) is 5.08. The van der Waals surface area contributed by atoms with Gasteiger partial charge in [0.05, 0.1) is 11.6 Å². The Morgan fingerprint density at radius 3 is 2.94 bits per heavy atom. The van der Waals surface area contributed by atoms with Gasteiger partial charge in [0.25, 0.3) is 0 Å². The molecule has 0 N–H and O–H groups in total. The van der Waals surface area contributed by atoms with Crippen LogP contribution in [0.15, 0.2) is 18.3 Å². The van der Waals surface area contributed by atoms with Gasteiger partial charge in [-0.1, -0.05) is 12.8 Å². The van der Waals surface area contributed by atoms with E-state index in [1.165, 1.54) is 50.8 Å². The molecular formula is C15H21ClN2. The van der Waals surface area contributed by atoms with Crippen LogP contribution in [0.3, 0.4) is 0 Å². The average Bonchev–Trinajstić information content (AvgIpc) is 2.47. The first-order chi connectivity index (χ1) is 8.88. The molecule has 0 spiro atoms. The van der Waals surface area contributed by atoms with E-state index in [4.69, 9.17) is 11.6 Å². The Kier molecular flexibility index (Phi) is 3.74. The second-order valence-corrected chi connectivity index (χ2v) is 5.85. The van der Waals surface area contributed by atoms with E-state index in [0.29, 0.717) is 5.88 Å². The van der Waals surface area contributed by atoms with Crippen LogP contribution in [0.4, 0.5) is 5.69 Å². The molecule has 2 nitrogen and oxygen atoms in total. The zero-order valence-corrected chi connectivity index (χ0v) is 11.6. The van der Waals surface area contributed by atoms with Crippen LogP contribution in [0.1, 0.15) is 44.2 Å². The summed E-state index contributed by atoms with van der Waals surface area (Å²) in [6.07, 6.45) is 10.3. The molecule has 0 bridgehead atoms. The highest BCUT2D eigenvalue weighted by Gasteiger charge is 2.33. The highest BCUT2D eigenvalue weighted by atomic mass is 35.5. The van der Waals surface area contributed by atoms with Gasteiger partial charge in [-0.25, -0.2) is 0 Å². The standard InChI is InChI=1S/C15H21ClN2/c16-11-13-10-14(7-8-17-13)18-9-3-5-12-4-1-2-6-15(12)18/h7-8,10,12,15H,1-6,9,11H2. The fourth-order valence-electron chi connectivity index (χ4n) is 3.66. The lowest BCUT2D eigenvalue weighted by atomic mass is 9.78. The van der Waals surface area contributed by atoms with Crippen LogP contribution in [0.25, 0.3) is 0 Å². The minimum atomic E-state index is 0.510. The molecule has 1 aromatic rings. The molecule has 2 fully saturated rings. The Hall–Kier alpha value is -0.760. The quantitative estimate of drug-likeness (QED) is 0.751. The van der Waals surface area contributed by atoms with Gasteiger partial charge >= 0.3 is 0 Å². The Labute approximate surface area is 114 Å². The number of piperidine rings is 1. The molecule has 0 aromatic carbocycles. The van der Waals surface area contributed by atoms with E-state index in [1.54, 1.807) is 0 Å². The summed E-state index contributed by atoms with van der Waals surface area (Å²) in [7, 11) is 0. The van der Waals surface area contributed by atoms with Crippen LogP contribution in [-0.2, 0) is 5.88 Å². The lowest BCUT2D eigenvalue weighted by Gasteiger charge is -2.45. The molecule has 1 aliphatic heterocycles. The number of nitrogens with zero attached hydrogens (tertiary/aromatic N) is 2. The van der Waals surface area contributed by atoms with E-state index in [0.717, 1.165) is 17.7 Å². The molecule has 98 valence electrons. The van der Waals surface area contributed by atoms with Crippen molar-refractivity contribution < 1.29 is 0 Å². The second kappa shape index (κ2) is 5.48. The molecule has 2 unspecified atom stereocenters. The number of aromatic nitrogens is 1. The number of halogens is 1. The second-order valence-electron chi connectivity index (χ2n) is 5.59. The fourth-order valence-corrected chi connectivity index (χ4v) is 3.81. The predicted octanol–water partition coefficient (Wildman–Crippen LogP) is 3.98. The number of rotatable bonds is 2. The van der Waals surface area contributed by atoms with Crippen molar-refractivity contribution in [1.82, 2.24) is 4.98 Å². The average molecular weight is 265 g/mol. The summed E-state index contributed by atoms with van der Waals surface area (Å²) in [6.45, 7) is 1.20. The molecule has 0 amide bonds. The third kappa shape index (κ3) is 2.35. The van der Waals surface area contributed by atoms with Crippen molar-refractivity contribution in [2.24, 2.45) is 5.92 Å². The number of anilines is 1. The number of hydrogen-bond acceptors (Lipinski definition) is 2. The first-order valence-electron chi connectivity index (χ1n) is 7.16. The molecule has 18 heavy (non-hydrogen) atoms. The van der Waals surface area contributed by atoms with Crippen LogP contribution in [0.5, 0.6) is 0 Å². The van der Waals surface area contributed by atoms with Crippen molar-refractivity contribution in [2.75, 3.05) is 11.4 Å². The smallest absolute Gasteiger partial charge is 0.0648 e.